The van der Waals surface area contributed by atoms with Crippen molar-refractivity contribution in [2.75, 3.05) is 30.4 Å². The van der Waals surface area contributed by atoms with Crippen molar-refractivity contribution >= 4 is 40.1 Å². The van der Waals surface area contributed by atoms with Crippen molar-refractivity contribution in [2.45, 2.75) is 19.4 Å². The molecule has 2 atom stereocenters. The highest BCUT2D eigenvalue weighted by Gasteiger charge is 2.32. The van der Waals surface area contributed by atoms with Gasteiger partial charge in [-0.3, -0.25) is 9.69 Å². The molecular formula is C17H20FN5O5S2. The number of benzene rings is 1. The van der Waals surface area contributed by atoms with Gasteiger partial charge in [-0.15, -0.1) is 10.2 Å². The number of ether oxygens (including phenoxy) is 1. The van der Waals surface area contributed by atoms with E-state index in [-0.39, 0.29) is 30.4 Å². The van der Waals surface area contributed by atoms with E-state index in [0.29, 0.717) is 28.7 Å². The van der Waals surface area contributed by atoms with Crippen molar-refractivity contribution in [1.82, 2.24) is 20.8 Å². The molecule has 1 aliphatic rings. The van der Waals surface area contributed by atoms with Crippen LogP contribution in [0.4, 0.5) is 14.9 Å². The number of carbonyl (C=O) groups is 2. The molecule has 0 bridgehead atoms. The number of anilines is 1. The fraction of sp³-hybridized carbons (Fsp3) is 0.412. The van der Waals surface area contributed by atoms with Crippen molar-refractivity contribution < 1.29 is 27.5 Å². The van der Waals surface area contributed by atoms with Gasteiger partial charge in [0.25, 0.3) is 0 Å². The van der Waals surface area contributed by atoms with Crippen LogP contribution < -0.4 is 15.5 Å². The van der Waals surface area contributed by atoms with E-state index in [0.717, 1.165) is 0 Å². The van der Waals surface area contributed by atoms with Crippen LogP contribution in [0.2, 0.25) is 0 Å². The van der Waals surface area contributed by atoms with Gasteiger partial charge in [0.05, 0.1) is 24.7 Å². The van der Waals surface area contributed by atoms with Crippen LogP contribution in [0.1, 0.15) is 11.9 Å². The third kappa shape index (κ3) is 5.78. The summed E-state index contributed by atoms with van der Waals surface area (Å²) in [6, 6.07) is 4.35. The Balaban J connectivity index is 1.64. The Morgan fingerprint density at radius 3 is 2.97 bits per heavy atom. The lowest BCUT2D eigenvalue weighted by molar-refractivity contribution is -0.119. The van der Waals surface area contributed by atoms with Crippen molar-refractivity contribution in [3.8, 4) is 10.6 Å². The standard InChI is InChI=1S/C17H20FN5O5S2/c1-10(24)20-7-12-8-23(17(25)28-12)11-2-3-13(14(18)6-11)16-22-21-15(29-16)4-5-19-9-30(26)27/h2-3,6,12,19H,4-5,7-9H2,1H3,(H,20,24)(H,26,27). The number of amides is 2. The Morgan fingerprint density at radius 2 is 2.27 bits per heavy atom. The summed E-state index contributed by atoms with van der Waals surface area (Å²) >= 11 is -0.690. The fourth-order valence-corrected chi connectivity index (χ4v) is 3.94. The first kappa shape index (κ1) is 22.2. The lowest BCUT2D eigenvalue weighted by Gasteiger charge is -2.14. The minimum absolute atomic E-state index is 0.0354. The van der Waals surface area contributed by atoms with Crippen molar-refractivity contribution in [3.05, 3.63) is 29.0 Å². The zero-order chi connectivity index (χ0) is 21.7. The second-order valence-corrected chi connectivity index (χ2v) is 8.43. The number of hydrogen-bond donors (Lipinski definition) is 3. The van der Waals surface area contributed by atoms with E-state index in [1.807, 2.05) is 0 Å². The molecule has 0 spiro atoms. The van der Waals surface area contributed by atoms with Gasteiger partial charge in [0.2, 0.25) is 5.91 Å². The summed E-state index contributed by atoms with van der Waals surface area (Å²) in [4.78, 5) is 24.4. The Kier molecular flexibility index (Phi) is 7.42. The lowest BCUT2D eigenvalue weighted by Crippen LogP contribution is -2.33. The Bertz CT molecular complexity index is 956. The highest BCUT2D eigenvalue weighted by molar-refractivity contribution is 7.79. The molecule has 2 heterocycles. The maximum absolute atomic E-state index is 14.7. The molecule has 0 aliphatic carbocycles. The Hall–Kier alpha value is -2.48. The number of hydrogen-bond acceptors (Lipinski definition) is 8. The molecule has 10 nitrogen and oxygen atoms in total. The van der Waals surface area contributed by atoms with Gasteiger partial charge in [0.1, 0.15) is 16.9 Å². The second-order valence-electron chi connectivity index (χ2n) is 6.43. The van der Waals surface area contributed by atoms with Crippen LogP contribution in [0.5, 0.6) is 0 Å². The number of rotatable bonds is 9. The normalized spacial score (nSPS) is 17.1. The van der Waals surface area contributed by atoms with E-state index in [1.165, 1.54) is 35.3 Å². The number of aromatic nitrogens is 2. The van der Waals surface area contributed by atoms with Gasteiger partial charge in [-0.2, -0.15) is 0 Å². The molecule has 0 radical (unpaired) electrons. The van der Waals surface area contributed by atoms with Gasteiger partial charge in [-0.05, 0) is 18.2 Å². The first-order valence-electron chi connectivity index (χ1n) is 8.96. The van der Waals surface area contributed by atoms with Crippen LogP contribution in [0.25, 0.3) is 10.6 Å². The van der Waals surface area contributed by atoms with Crippen molar-refractivity contribution in [2.24, 2.45) is 0 Å². The molecule has 2 aromatic rings. The largest absolute Gasteiger partial charge is 0.442 e. The monoisotopic (exact) mass is 457 g/mol. The van der Waals surface area contributed by atoms with Crippen LogP contribution in [0.15, 0.2) is 18.2 Å². The maximum atomic E-state index is 14.7. The SMILES string of the molecule is CC(=O)NCC1CN(c2ccc(-c3nnc(CCNCS(=O)O)s3)c(F)c2)C(=O)O1. The Morgan fingerprint density at radius 1 is 1.47 bits per heavy atom. The number of nitrogens with zero attached hydrogens (tertiary/aromatic N) is 3. The molecule has 1 aromatic carbocycles. The van der Waals surface area contributed by atoms with Crippen LogP contribution >= 0.6 is 11.3 Å². The fourth-order valence-electron chi connectivity index (χ4n) is 2.76. The molecule has 30 heavy (non-hydrogen) atoms. The first-order valence-corrected chi connectivity index (χ1v) is 11.1. The van der Waals surface area contributed by atoms with E-state index in [1.54, 1.807) is 6.07 Å². The molecule has 162 valence electrons. The summed E-state index contributed by atoms with van der Waals surface area (Å²) in [5.74, 6) is -0.815. The summed E-state index contributed by atoms with van der Waals surface area (Å²) in [6.07, 6.45) is -0.622. The lowest BCUT2D eigenvalue weighted by atomic mass is 10.2. The average molecular weight is 458 g/mol. The quantitative estimate of drug-likeness (QED) is 0.377. The number of nitrogens with one attached hydrogen (secondary N) is 2. The van der Waals surface area contributed by atoms with Crippen LogP contribution in [-0.2, 0) is 27.0 Å². The van der Waals surface area contributed by atoms with Crippen LogP contribution in [0.3, 0.4) is 0 Å². The highest BCUT2D eigenvalue weighted by atomic mass is 32.2. The summed E-state index contributed by atoms with van der Waals surface area (Å²) < 4.78 is 39.2. The first-order chi connectivity index (χ1) is 14.3. The van der Waals surface area contributed by atoms with E-state index in [2.05, 4.69) is 20.8 Å². The van der Waals surface area contributed by atoms with E-state index in [4.69, 9.17) is 9.29 Å². The third-order valence-corrected chi connectivity index (χ3v) is 5.62. The molecule has 2 amide bonds. The molecule has 3 rings (SSSR count). The number of cyclic esters (lactones) is 1. The smallest absolute Gasteiger partial charge is 0.414 e. The van der Waals surface area contributed by atoms with Crippen molar-refractivity contribution in [3.63, 3.8) is 0 Å². The zero-order valence-electron chi connectivity index (χ0n) is 16.0. The second kappa shape index (κ2) is 10.0. The van der Waals surface area contributed by atoms with Gasteiger partial charge < -0.3 is 19.9 Å². The molecule has 1 aliphatic heterocycles. The predicted molar refractivity (Wildman–Crippen MR) is 109 cm³/mol. The number of halogens is 1. The van der Waals surface area contributed by atoms with E-state index < -0.39 is 29.1 Å². The van der Waals surface area contributed by atoms with Gasteiger partial charge >= 0.3 is 6.09 Å². The molecule has 2 unspecified atom stereocenters. The summed E-state index contributed by atoms with van der Waals surface area (Å²) in [6.45, 7) is 2.20. The molecule has 1 saturated heterocycles. The van der Waals surface area contributed by atoms with Crippen LogP contribution in [-0.4, -0.2) is 62.6 Å². The van der Waals surface area contributed by atoms with Crippen molar-refractivity contribution in [1.29, 1.82) is 0 Å². The minimum Gasteiger partial charge on any atom is -0.442 e. The molecular weight excluding hydrogens is 437 g/mol. The maximum Gasteiger partial charge on any atom is 0.414 e. The number of carbonyl (C=O) groups excluding carboxylic acids is 2. The van der Waals surface area contributed by atoms with Gasteiger partial charge in [-0.25, -0.2) is 13.4 Å². The molecule has 3 N–H and O–H groups in total. The van der Waals surface area contributed by atoms with E-state index >= 15 is 0 Å². The third-order valence-electron chi connectivity index (χ3n) is 4.16. The summed E-state index contributed by atoms with van der Waals surface area (Å²) in [5, 5.41) is 14.5. The van der Waals surface area contributed by atoms with Gasteiger partial charge in [0, 0.05) is 25.5 Å². The predicted octanol–water partition coefficient (Wildman–Crippen LogP) is 1.12. The average Bonchev–Trinajstić information content (AvgIpc) is 3.30. The zero-order valence-corrected chi connectivity index (χ0v) is 17.6. The summed E-state index contributed by atoms with van der Waals surface area (Å²) in [7, 11) is 0. The molecule has 1 fully saturated rings. The minimum atomic E-state index is -1.91. The van der Waals surface area contributed by atoms with Crippen LogP contribution in [0, 0.1) is 5.82 Å². The van der Waals surface area contributed by atoms with Gasteiger partial charge in [0.15, 0.2) is 16.1 Å². The topological polar surface area (TPSA) is 134 Å². The molecule has 0 saturated carbocycles. The molecule has 1 aromatic heterocycles. The van der Waals surface area contributed by atoms with E-state index in [9.17, 15) is 18.2 Å². The Labute approximate surface area is 178 Å². The molecule has 13 heteroatoms. The highest BCUT2D eigenvalue weighted by Crippen LogP contribution is 2.30. The summed E-state index contributed by atoms with van der Waals surface area (Å²) in [5.41, 5.74) is 0.604. The van der Waals surface area contributed by atoms with Gasteiger partial charge in [-0.1, -0.05) is 11.3 Å².